The zero-order chi connectivity index (χ0) is 13.3. The van der Waals surface area contributed by atoms with Crippen LogP contribution < -0.4 is 11.1 Å². The van der Waals surface area contributed by atoms with Crippen molar-refractivity contribution in [2.45, 2.75) is 6.42 Å². The average Bonchev–Trinajstić information content (AvgIpc) is 2.25. The van der Waals surface area contributed by atoms with Gasteiger partial charge in [-0.15, -0.1) is 0 Å². The second-order valence-corrected chi connectivity index (χ2v) is 5.30. The number of amides is 1. The number of carbonyl (C=O) groups excluding carboxylic acids is 1. The first kappa shape index (κ1) is 18.2. The van der Waals surface area contributed by atoms with Gasteiger partial charge in [0.05, 0.1) is 5.75 Å². The van der Waals surface area contributed by atoms with Crippen molar-refractivity contribution in [3.8, 4) is 0 Å². The summed E-state index contributed by atoms with van der Waals surface area (Å²) >= 11 is 0. The van der Waals surface area contributed by atoms with E-state index in [2.05, 4.69) is 5.32 Å². The van der Waals surface area contributed by atoms with Crippen LogP contribution in [0.4, 0.5) is 0 Å². The Balaban J connectivity index is 0. The Bertz CT molecular complexity index is 349. The number of nitrogens with two attached hydrogens (primary N) is 1. The van der Waals surface area contributed by atoms with Crippen LogP contribution in [-0.4, -0.2) is 62.1 Å². The number of carboxylic acid groups (broad SMARTS) is 1. The van der Waals surface area contributed by atoms with Crippen molar-refractivity contribution in [2.24, 2.45) is 5.73 Å². The first-order valence-corrected chi connectivity index (χ1v) is 6.54. The monoisotopic (exact) mass is 523 g/mol. The van der Waals surface area contributed by atoms with Crippen molar-refractivity contribution in [1.82, 2.24) is 9.62 Å². The van der Waals surface area contributed by atoms with E-state index in [0.717, 1.165) is 4.31 Å². The third kappa shape index (κ3) is 7.14. The van der Waals surface area contributed by atoms with Gasteiger partial charge in [-0.1, -0.05) is 0 Å². The zero-order valence-corrected chi connectivity index (χ0v) is 12.8. The van der Waals surface area contributed by atoms with Gasteiger partial charge in [-0.2, -0.15) is 10.7 Å². The summed E-state index contributed by atoms with van der Waals surface area (Å²) in [6.45, 7) is -0.513. The first-order chi connectivity index (χ1) is 7.94. The number of hydrogen-bond acceptors (Lipinski definition) is 5. The van der Waals surface area contributed by atoms with Crippen LogP contribution in [0.1, 0.15) is 6.42 Å². The summed E-state index contributed by atoms with van der Waals surface area (Å²) in [6.07, 6.45) is 1.64. The molecule has 0 spiro atoms. The topological polar surface area (TPSA) is 130 Å². The molecule has 0 aliphatic heterocycles. The molecule has 0 radical (unpaired) electrons. The largest absolute Gasteiger partial charge is 0.529 e. The normalized spacial score (nSPS) is 10.8. The molecule has 0 aromatic rings. The van der Waals surface area contributed by atoms with Gasteiger partial charge < -0.3 is 21.0 Å². The van der Waals surface area contributed by atoms with Crippen LogP contribution >= 0.6 is 0 Å². The van der Waals surface area contributed by atoms with E-state index >= 15 is 0 Å². The van der Waals surface area contributed by atoms with Crippen LogP contribution in [0.5, 0.6) is 0 Å². The standard InChI is InChI=1S/C8H16N3O5S.Fm/c9-2-1-5-17(15,16)11(6-8(13)14)4-3-10-7-12;/h1-6,9H2,(H,10,12)(H,13,14);/q-1;. The van der Waals surface area contributed by atoms with Crippen LogP contribution in [0.25, 0.3) is 0 Å². The molecule has 0 atom stereocenters. The molecule has 0 aromatic carbocycles. The van der Waals surface area contributed by atoms with E-state index in [1.165, 1.54) is 6.41 Å². The van der Waals surface area contributed by atoms with Crippen LogP contribution in [-0.2, 0) is 19.6 Å². The van der Waals surface area contributed by atoms with Crippen molar-refractivity contribution in [3.05, 3.63) is 0 Å². The second kappa shape index (κ2) is 8.90. The van der Waals surface area contributed by atoms with Gasteiger partial charge in [0, 0.05) is 6.54 Å². The predicted molar refractivity (Wildman–Crippen MR) is 60.4 cm³/mol. The third-order valence-electron chi connectivity index (χ3n) is 1.87. The maximum atomic E-state index is 11.7. The molecular weight excluding hydrogens is 507 g/mol. The zero-order valence-electron chi connectivity index (χ0n) is 9.54. The molecule has 0 saturated carbocycles. The summed E-state index contributed by atoms with van der Waals surface area (Å²) in [7, 11) is -3.66. The number of carbonyl (C=O) groups is 1. The Morgan fingerprint density at radius 2 is 2.06 bits per heavy atom. The van der Waals surface area contributed by atoms with Gasteiger partial charge in [0.2, 0.25) is 10.0 Å². The smallest absolute Gasteiger partial charge is 0.318 e. The summed E-state index contributed by atoms with van der Waals surface area (Å²) in [6, 6.07) is 0. The number of hydrogen-bond donors (Lipinski definition) is 3. The van der Waals surface area contributed by atoms with Crippen molar-refractivity contribution < 1.29 is 23.1 Å². The fourth-order valence-corrected chi connectivity index (χ4v) is 2.56. The molecule has 0 aliphatic carbocycles. The predicted octanol–water partition coefficient (Wildman–Crippen LogP) is -2.29. The molecular formula is C8H16FmN3O5S-. The van der Waals surface area contributed by atoms with Gasteiger partial charge in [0.1, 0.15) is 6.54 Å². The fraction of sp³-hybridized carbons (Fsp3) is 0.750. The Morgan fingerprint density at radius 1 is 1.44 bits per heavy atom. The molecule has 0 aromatic heterocycles. The molecule has 0 unspecified atom stereocenters. The van der Waals surface area contributed by atoms with E-state index < -0.39 is 22.5 Å². The van der Waals surface area contributed by atoms with Crippen molar-refractivity contribution in [2.75, 3.05) is 31.9 Å². The molecule has 18 heavy (non-hydrogen) atoms. The molecule has 1 amide bonds. The Kier molecular flexibility index (Phi) is 8.99. The Hall–Kier alpha value is -2.19. The van der Waals surface area contributed by atoms with Crippen molar-refractivity contribution >= 4 is 22.4 Å². The average molecular weight is 523 g/mol. The maximum Gasteiger partial charge on any atom is 0.318 e. The molecule has 112 valence electrons. The summed E-state index contributed by atoms with van der Waals surface area (Å²) < 4.78 is 24.2. The minimum Gasteiger partial charge on any atom is -0.529 e. The van der Waals surface area contributed by atoms with Crippen LogP contribution in [0, 0.1) is 0 Å². The van der Waals surface area contributed by atoms with E-state index in [4.69, 9.17) is 10.8 Å². The fourth-order valence-electron chi connectivity index (χ4n) is 1.09. The van der Waals surface area contributed by atoms with Gasteiger partial charge in [0.15, 0.2) is 0 Å². The van der Waals surface area contributed by atoms with Gasteiger partial charge in [-0.3, -0.25) is 4.79 Å². The Labute approximate surface area is 99.8 Å². The molecule has 8 nitrogen and oxygen atoms in total. The maximum absolute atomic E-state index is 11.7. The van der Waals surface area contributed by atoms with E-state index in [-0.39, 0.29) is 31.8 Å². The molecule has 10 heteroatoms. The first-order valence-electron chi connectivity index (χ1n) is 4.93. The SMILES string of the molecule is NCCCS(=O)(=O)N(CCN[C-]=O)CC(=O)O.[Fm]. The molecule has 0 aliphatic rings. The van der Waals surface area contributed by atoms with Gasteiger partial charge in [-0.05, 0) is 19.5 Å². The Morgan fingerprint density at radius 3 is 2.50 bits per heavy atom. The van der Waals surface area contributed by atoms with Crippen molar-refractivity contribution in [3.63, 3.8) is 0 Å². The number of sulfonamides is 1. The molecule has 0 fully saturated rings. The minimum absolute atomic E-state index is 0. The van der Waals surface area contributed by atoms with Crippen LogP contribution in [0.15, 0.2) is 0 Å². The number of rotatable bonds is 10. The van der Waals surface area contributed by atoms with E-state index in [0.29, 0.717) is 0 Å². The van der Waals surface area contributed by atoms with Gasteiger partial charge in [-0.25, -0.2) is 8.42 Å². The van der Waals surface area contributed by atoms with E-state index in [1.807, 2.05) is 0 Å². The van der Waals surface area contributed by atoms with Crippen LogP contribution in [0.3, 0.4) is 0 Å². The number of nitrogens with zero attached hydrogens (tertiary/aromatic N) is 1. The quantitative estimate of drug-likeness (QED) is 0.168. The molecule has 0 bridgehead atoms. The number of nitrogens with one attached hydrogen (secondary N) is 1. The van der Waals surface area contributed by atoms with Gasteiger partial charge >= 0.3 is 5.97 Å². The summed E-state index contributed by atoms with van der Waals surface area (Å²) in [5.74, 6) is -1.46. The van der Waals surface area contributed by atoms with Crippen LogP contribution in [0.2, 0.25) is 0 Å². The molecule has 0 heterocycles. The summed E-state index contributed by atoms with van der Waals surface area (Å²) in [5.41, 5.74) is 5.20. The number of carboxylic acids is 1. The summed E-state index contributed by atoms with van der Waals surface area (Å²) in [4.78, 5) is 20.4. The molecule has 4 N–H and O–H groups in total. The molecule has 0 saturated heterocycles. The van der Waals surface area contributed by atoms with Gasteiger partial charge in [0.25, 0.3) is 0 Å². The second-order valence-electron chi connectivity index (χ2n) is 3.21. The number of aliphatic carboxylic acids is 1. The minimum atomic E-state index is -3.66. The summed E-state index contributed by atoms with van der Waals surface area (Å²) in [5, 5.41) is 10.8. The van der Waals surface area contributed by atoms with E-state index in [9.17, 15) is 18.0 Å². The third-order valence-corrected chi connectivity index (χ3v) is 3.77. The van der Waals surface area contributed by atoms with E-state index in [1.54, 1.807) is 0 Å². The van der Waals surface area contributed by atoms with Crippen molar-refractivity contribution in [1.29, 1.82) is 0 Å². The molecule has 0 rings (SSSR count).